The molecule has 0 unspecified atom stereocenters. The predicted molar refractivity (Wildman–Crippen MR) is 121 cm³/mol. The Balaban J connectivity index is 0.000000241. The second-order valence-electron chi connectivity index (χ2n) is 5.56. The molecule has 0 fully saturated rings. The molecule has 3 aromatic rings. The molecule has 0 saturated heterocycles. The molecular formula is C22H19Cl2O6Sb. The van der Waals surface area contributed by atoms with Crippen molar-refractivity contribution in [1.82, 2.24) is 0 Å². The molecule has 31 heavy (non-hydrogen) atoms. The van der Waals surface area contributed by atoms with Crippen LogP contribution in [-0.4, -0.2) is 58.4 Å². The van der Waals surface area contributed by atoms with Crippen molar-refractivity contribution >= 4 is 61.7 Å². The summed E-state index contributed by atoms with van der Waals surface area (Å²) in [7, 11) is 0. The Morgan fingerprint density at radius 2 is 1.03 bits per heavy atom. The summed E-state index contributed by atoms with van der Waals surface area (Å²) in [4.78, 5) is 20.2. The number of halogens is 2. The van der Waals surface area contributed by atoms with Gasteiger partial charge in [-0.15, -0.1) is 0 Å². The van der Waals surface area contributed by atoms with Crippen LogP contribution in [0.2, 0.25) is 10.0 Å². The summed E-state index contributed by atoms with van der Waals surface area (Å²) in [6.07, 6.45) is 0. The molecule has 9 heteroatoms. The number of carbonyl (C=O) groups is 2. The van der Waals surface area contributed by atoms with E-state index in [1.807, 2.05) is 18.2 Å². The number of carboxylic acids is 2. The van der Waals surface area contributed by atoms with Crippen LogP contribution in [0.4, 0.5) is 0 Å². The Morgan fingerprint density at radius 3 is 1.32 bits per heavy atom. The van der Waals surface area contributed by atoms with Gasteiger partial charge in [0, 0.05) is 0 Å². The van der Waals surface area contributed by atoms with Gasteiger partial charge in [0.1, 0.15) is 11.5 Å². The summed E-state index contributed by atoms with van der Waals surface area (Å²) in [5.41, 5.74) is 0. The van der Waals surface area contributed by atoms with E-state index in [1.54, 1.807) is 71.6 Å². The molecule has 0 aromatic heterocycles. The molecule has 0 aliphatic heterocycles. The molecule has 3 aromatic carbocycles. The van der Waals surface area contributed by atoms with Crippen molar-refractivity contribution in [2.75, 3.05) is 13.2 Å². The first-order valence-corrected chi connectivity index (χ1v) is 10.7. The third-order valence-corrected chi connectivity index (χ3v) is 4.61. The van der Waals surface area contributed by atoms with Crippen LogP contribution in [-0.2, 0) is 9.59 Å². The molecule has 0 aliphatic rings. The first kappa shape index (κ1) is 26.6. The summed E-state index contributed by atoms with van der Waals surface area (Å²) in [6, 6.07) is 23.8. The number of carboxylic acid groups (broad SMARTS) is 2. The number of rotatable bonds is 6. The summed E-state index contributed by atoms with van der Waals surface area (Å²) in [5.74, 6) is -1.26. The van der Waals surface area contributed by atoms with E-state index in [2.05, 4.69) is 12.1 Å². The van der Waals surface area contributed by atoms with E-state index in [0.29, 0.717) is 21.5 Å². The first-order chi connectivity index (χ1) is 14.8. The molecule has 0 heterocycles. The fourth-order valence-electron chi connectivity index (χ4n) is 1.83. The van der Waals surface area contributed by atoms with E-state index < -0.39 is 11.9 Å². The fourth-order valence-corrected chi connectivity index (χ4v) is 2.70. The number of aliphatic carboxylic acids is 2. The van der Waals surface area contributed by atoms with Gasteiger partial charge >= 0.3 is 68.8 Å². The monoisotopic (exact) mass is 570 g/mol. The zero-order valence-corrected chi connectivity index (χ0v) is 20.2. The molecule has 0 aliphatic carbocycles. The van der Waals surface area contributed by atoms with E-state index in [4.69, 9.17) is 42.9 Å². The molecule has 0 bridgehead atoms. The van der Waals surface area contributed by atoms with Crippen molar-refractivity contribution in [1.29, 1.82) is 0 Å². The average molecular weight is 572 g/mol. The number of para-hydroxylation sites is 2. The second kappa shape index (κ2) is 15.4. The molecule has 0 atom stereocenters. The summed E-state index contributed by atoms with van der Waals surface area (Å²) >= 11 is 13.1. The van der Waals surface area contributed by atoms with E-state index in [-0.39, 0.29) is 13.2 Å². The Morgan fingerprint density at radius 1 is 0.677 bits per heavy atom. The third kappa shape index (κ3) is 12.8. The van der Waals surface area contributed by atoms with Crippen molar-refractivity contribution in [3.05, 3.63) is 88.9 Å². The number of benzene rings is 3. The molecule has 6 nitrogen and oxygen atoms in total. The topological polar surface area (TPSA) is 93.1 Å². The van der Waals surface area contributed by atoms with E-state index in [0.717, 1.165) is 0 Å². The third-order valence-electron chi connectivity index (χ3n) is 3.13. The van der Waals surface area contributed by atoms with Gasteiger partial charge in [0.15, 0.2) is 13.2 Å². The van der Waals surface area contributed by atoms with Crippen LogP contribution < -0.4 is 13.0 Å². The first-order valence-electron chi connectivity index (χ1n) is 8.72. The molecule has 3 rings (SSSR count). The van der Waals surface area contributed by atoms with Crippen LogP contribution in [0.25, 0.3) is 0 Å². The van der Waals surface area contributed by atoms with Crippen molar-refractivity contribution < 1.29 is 29.3 Å². The maximum atomic E-state index is 10.1. The Bertz CT molecular complexity index is 894. The standard InChI is InChI=1S/2C8H7ClO3.C6H5.Sb/c2*9-6-3-1-2-4-7(6)12-5-8(10)11;1-2-4-6-5-3-1;/h2*1-4H,5H2,(H,10,11);1-5H;. The number of hydrogen-bond acceptors (Lipinski definition) is 4. The van der Waals surface area contributed by atoms with Crippen molar-refractivity contribution in [3.8, 4) is 11.5 Å². The zero-order valence-electron chi connectivity index (χ0n) is 16.2. The van der Waals surface area contributed by atoms with E-state index in [9.17, 15) is 9.59 Å². The van der Waals surface area contributed by atoms with Gasteiger partial charge in [-0.05, 0) is 24.3 Å². The van der Waals surface area contributed by atoms with Gasteiger partial charge in [-0.2, -0.15) is 0 Å². The number of ether oxygens (including phenoxy) is 2. The minimum atomic E-state index is -1.02. The van der Waals surface area contributed by atoms with Crippen LogP contribution in [0.1, 0.15) is 0 Å². The molecule has 0 spiro atoms. The SMILES string of the molecule is O=C(O)COc1ccccc1Cl.O=C(O)COc1ccccc1Cl.[Sb][c]1ccccc1. The minimum absolute atomic E-state index is 0.371. The quantitative estimate of drug-likeness (QED) is 0.433. The summed E-state index contributed by atoms with van der Waals surface area (Å²) in [6.45, 7) is -0.743. The second-order valence-corrected chi connectivity index (χ2v) is 7.85. The van der Waals surface area contributed by atoms with Crippen LogP contribution in [0, 0.1) is 0 Å². The van der Waals surface area contributed by atoms with Gasteiger partial charge in [-0.3, -0.25) is 0 Å². The predicted octanol–water partition coefficient (Wildman–Crippen LogP) is 4.09. The Hall–Kier alpha value is -2.40. The van der Waals surface area contributed by atoms with Crippen molar-refractivity contribution in [2.24, 2.45) is 0 Å². The normalized spacial score (nSPS) is 9.26. The van der Waals surface area contributed by atoms with Crippen LogP contribution in [0.15, 0.2) is 78.9 Å². The molecule has 2 N–H and O–H groups in total. The summed E-state index contributed by atoms with van der Waals surface area (Å²) < 4.78 is 11.1. The van der Waals surface area contributed by atoms with E-state index >= 15 is 0 Å². The Kier molecular flexibility index (Phi) is 13.2. The van der Waals surface area contributed by atoms with Gasteiger partial charge < -0.3 is 19.7 Å². The van der Waals surface area contributed by atoms with Gasteiger partial charge in [-0.25, -0.2) is 9.59 Å². The molecule has 162 valence electrons. The van der Waals surface area contributed by atoms with Gasteiger partial charge in [-0.1, -0.05) is 47.5 Å². The molecule has 0 saturated carbocycles. The molecular weight excluding hydrogens is 553 g/mol. The van der Waals surface area contributed by atoms with Gasteiger partial charge in [0.25, 0.3) is 0 Å². The van der Waals surface area contributed by atoms with Gasteiger partial charge in [0.2, 0.25) is 0 Å². The zero-order chi connectivity index (χ0) is 23.1. The van der Waals surface area contributed by atoms with Crippen LogP contribution in [0.5, 0.6) is 11.5 Å². The van der Waals surface area contributed by atoms with Crippen LogP contribution >= 0.6 is 23.2 Å². The maximum absolute atomic E-state index is 10.1. The fraction of sp³-hybridized carbons (Fsp3) is 0.0909. The van der Waals surface area contributed by atoms with Crippen molar-refractivity contribution in [2.45, 2.75) is 0 Å². The number of hydrogen-bond donors (Lipinski definition) is 2. The molecule has 0 amide bonds. The molecule has 2 radical (unpaired) electrons. The van der Waals surface area contributed by atoms with Crippen LogP contribution in [0.3, 0.4) is 0 Å². The average Bonchev–Trinajstić information content (AvgIpc) is 2.74. The van der Waals surface area contributed by atoms with Gasteiger partial charge in [0.05, 0.1) is 10.0 Å². The summed E-state index contributed by atoms with van der Waals surface area (Å²) in [5, 5.41) is 17.4. The Labute approximate surface area is 203 Å². The van der Waals surface area contributed by atoms with E-state index in [1.165, 1.54) is 3.51 Å². The van der Waals surface area contributed by atoms with Crippen molar-refractivity contribution in [3.63, 3.8) is 0 Å².